The number of nitrogens with one attached hydrogen (secondary N) is 1. The Labute approximate surface area is 210 Å². The van der Waals surface area contributed by atoms with Gasteiger partial charge in [0.2, 0.25) is 16.8 Å². The lowest BCUT2D eigenvalue weighted by Gasteiger charge is -2.35. The minimum atomic E-state index is -4.55. The summed E-state index contributed by atoms with van der Waals surface area (Å²) in [5.74, 6) is 1.13. The lowest BCUT2D eigenvalue weighted by atomic mass is 10.2. The highest BCUT2D eigenvalue weighted by Crippen LogP contribution is 2.34. The average Bonchev–Trinajstić information content (AvgIpc) is 3.37. The van der Waals surface area contributed by atoms with Crippen molar-refractivity contribution in [2.75, 3.05) is 43.2 Å². The fourth-order valence-electron chi connectivity index (χ4n) is 4.08. The molecule has 13 heteroatoms. The van der Waals surface area contributed by atoms with Crippen LogP contribution in [0.4, 0.5) is 24.7 Å². The number of alkyl halides is 3. The van der Waals surface area contributed by atoms with Gasteiger partial charge in [-0.25, -0.2) is 13.4 Å². The predicted molar refractivity (Wildman–Crippen MR) is 127 cm³/mol. The van der Waals surface area contributed by atoms with Crippen LogP contribution in [0, 0.1) is 0 Å². The van der Waals surface area contributed by atoms with E-state index in [1.165, 1.54) is 4.31 Å². The topological polar surface area (TPSA) is 101 Å². The van der Waals surface area contributed by atoms with Crippen molar-refractivity contribution in [2.45, 2.75) is 11.1 Å². The van der Waals surface area contributed by atoms with Crippen molar-refractivity contribution in [3.63, 3.8) is 0 Å². The first-order valence-corrected chi connectivity index (χ1v) is 12.7. The molecule has 2 aliphatic rings. The molecule has 0 atom stereocenters. The molecule has 0 unspecified atom stereocenters. The maximum atomic E-state index is 13.0. The molecule has 3 heterocycles. The second-order valence-corrected chi connectivity index (χ2v) is 10.2. The van der Waals surface area contributed by atoms with Crippen LogP contribution < -0.4 is 19.7 Å². The zero-order valence-electron chi connectivity index (χ0n) is 19.2. The summed E-state index contributed by atoms with van der Waals surface area (Å²) in [5.41, 5.74) is -0.0996. The molecular weight excluding hydrogens is 513 g/mol. The van der Waals surface area contributed by atoms with E-state index in [9.17, 15) is 26.4 Å². The molecule has 5 rings (SSSR count). The molecule has 0 bridgehead atoms. The van der Waals surface area contributed by atoms with Gasteiger partial charge in [0.25, 0.3) is 5.91 Å². The monoisotopic (exact) mass is 534 g/mol. The van der Waals surface area contributed by atoms with E-state index in [4.69, 9.17) is 9.47 Å². The number of piperazine rings is 1. The zero-order chi connectivity index (χ0) is 26.2. The summed E-state index contributed by atoms with van der Waals surface area (Å²) < 4.78 is 76.2. The standard InChI is InChI=1S/C24H21F3N4O5S/c25-24(26,27)17-4-6-18(7-5-17)37(33,34)31-12-10-30(11-13-31)22-19(2-1-9-28-22)29-23(32)16-3-8-20-21(14-16)36-15-35-20/h1-9,14H,10-13,15H2,(H,29,32). The second kappa shape index (κ2) is 9.56. The van der Waals surface area contributed by atoms with Gasteiger partial charge in [0.05, 0.1) is 16.1 Å². The molecule has 1 aromatic heterocycles. The van der Waals surface area contributed by atoms with E-state index >= 15 is 0 Å². The highest BCUT2D eigenvalue weighted by atomic mass is 32.2. The number of sulfonamides is 1. The molecule has 1 amide bonds. The quantitative estimate of drug-likeness (QED) is 0.534. The number of anilines is 2. The fraction of sp³-hybridized carbons (Fsp3) is 0.250. The first kappa shape index (κ1) is 24.8. The van der Waals surface area contributed by atoms with Gasteiger partial charge < -0.3 is 19.7 Å². The molecule has 1 N–H and O–H groups in total. The summed E-state index contributed by atoms with van der Waals surface area (Å²) in [4.78, 5) is 18.9. The van der Waals surface area contributed by atoms with Gasteiger partial charge in [-0.2, -0.15) is 17.5 Å². The molecule has 9 nitrogen and oxygen atoms in total. The van der Waals surface area contributed by atoms with Crippen LogP contribution in [0.5, 0.6) is 11.5 Å². The molecule has 2 aliphatic heterocycles. The van der Waals surface area contributed by atoms with Crippen molar-refractivity contribution in [2.24, 2.45) is 0 Å². The van der Waals surface area contributed by atoms with Crippen LogP contribution in [0.25, 0.3) is 0 Å². The third kappa shape index (κ3) is 5.04. The minimum absolute atomic E-state index is 0.0910. The van der Waals surface area contributed by atoms with Crippen LogP contribution in [-0.2, 0) is 16.2 Å². The fourth-order valence-corrected chi connectivity index (χ4v) is 5.51. The van der Waals surface area contributed by atoms with Crippen LogP contribution in [0.3, 0.4) is 0 Å². The molecular formula is C24H21F3N4O5S. The minimum Gasteiger partial charge on any atom is -0.454 e. The summed E-state index contributed by atoms with van der Waals surface area (Å²) in [7, 11) is -3.97. The summed E-state index contributed by atoms with van der Waals surface area (Å²) in [6.07, 6.45) is -2.98. The van der Waals surface area contributed by atoms with E-state index in [-0.39, 0.29) is 43.8 Å². The van der Waals surface area contributed by atoms with Crippen molar-refractivity contribution < 1.29 is 35.9 Å². The number of amides is 1. The van der Waals surface area contributed by atoms with E-state index in [0.717, 1.165) is 24.3 Å². The maximum absolute atomic E-state index is 13.0. The predicted octanol–water partition coefficient (Wildman–Crippen LogP) is 3.59. The van der Waals surface area contributed by atoms with Crippen molar-refractivity contribution in [3.05, 3.63) is 71.9 Å². The Morgan fingerprint density at radius 1 is 0.946 bits per heavy atom. The maximum Gasteiger partial charge on any atom is 0.416 e. The Bertz CT molecular complexity index is 1420. The van der Waals surface area contributed by atoms with Gasteiger partial charge in [-0.15, -0.1) is 0 Å². The number of benzene rings is 2. The first-order chi connectivity index (χ1) is 17.6. The lowest BCUT2D eigenvalue weighted by Crippen LogP contribution is -2.49. The molecule has 1 fully saturated rings. The van der Waals surface area contributed by atoms with Crippen LogP contribution >= 0.6 is 0 Å². The second-order valence-electron chi connectivity index (χ2n) is 8.31. The number of hydrogen-bond donors (Lipinski definition) is 1. The number of carbonyl (C=O) groups is 1. The number of halogens is 3. The molecule has 1 saturated heterocycles. The molecule has 0 saturated carbocycles. The molecule has 37 heavy (non-hydrogen) atoms. The van der Waals surface area contributed by atoms with Gasteiger partial charge in [-0.05, 0) is 54.6 Å². The Morgan fingerprint density at radius 3 is 2.35 bits per heavy atom. The van der Waals surface area contributed by atoms with Crippen LogP contribution in [0.15, 0.2) is 65.7 Å². The number of fused-ring (bicyclic) bond motifs is 1. The molecule has 2 aromatic carbocycles. The molecule has 0 spiro atoms. The van der Waals surface area contributed by atoms with E-state index in [1.54, 1.807) is 36.5 Å². The van der Waals surface area contributed by atoms with Gasteiger partial charge in [-0.3, -0.25) is 4.79 Å². The molecule has 194 valence electrons. The molecule has 0 radical (unpaired) electrons. The molecule has 0 aliphatic carbocycles. The number of carbonyl (C=O) groups excluding carboxylic acids is 1. The Kier molecular flexibility index (Phi) is 6.42. The number of rotatable bonds is 5. The van der Waals surface area contributed by atoms with Crippen molar-refractivity contribution in [1.82, 2.24) is 9.29 Å². The Morgan fingerprint density at radius 2 is 1.65 bits per heavy atom. The number of hydrogen-bond acceptors (Lipinski definition) is 7. The van der Waals surface area contributed by atoms with Crippen LogP contribution in [0.2, 0.25) is 0 Å². The van der Waals surface area contributed by atoms with Gasteiger partial charge in [0.15, 0.2) is 17.3 Å². The van der Waals surface area contributed by atoms with Gasteiger partial charge in [0.1, 0.15) is 0 Å². The number of ether oxygens (including phenoxy) is 2. The number of aromatic nitrogens is 1. The third-order valence-electron chi connectivity index (χ3n) is 6.03. The van der Waals surface area contributed by atoms with E-state index < -0.39 is 21.8 Å². The van der Waals surface area contributed by atoms with Crippen LogP contribution in [0.1, 0.15) is 15.9 Å². The molecule has 3 aromatic rings. The van der Waals surface area contributed by atoms with Crippen molar-refractivity contribution in [3.8, 4) is 11.5 Å². The smallest absolute Gasteiger partial charge is 0.416 e. The van der Waals surface area contributed by atoms with Crippen molar-refractivity contribution in [1.29, 1.82) is 0 Å². The lowest BCUT2D eigenvalue weighted by molar-refractivity contribution is -0.137. The largest absolute Gasteiger partial charge is 0.454 e. The third-order valence-corrected chi connectivity index (χ3v) is 7.94. The first-order valence-electron chi connectivity index (χ1n) is 11.2. The number of pyridine rings is 1. The van der Waals surface area contributed by atoms with Gasteiger partial charge in [-0.1, -0.05) is 0 Å². The van der Waals surface area contributed by atoms with E-state index in [0.29, 0.717) is 28.6 Å². The highest BCUT2D eigenvalue weighted by molar-refractivity contribution is 7.89. The normalized spacial score (nSPS) is 16.0. The van der Waals surface area contributed by atoms with Gasteiger partial charge >= 0.3 is 6.18 Å². The summed E-state index contributed by atoms with van der Waals surface area (Å²) >= 11 is 0. The van der Waals surface area contributed by atoms with Gasteiger partial charge in [0, 0.05) is 37.9 Å². The van der Waals surface area contributed by atoms with Crippen LogP contribution in [-0.4, -0.2) is 56.6 Å². The van der Waals surface area contributed by atoms with Crippen molar-refractivity contribution >= 4 is 27.4 Å². The highest BCUT2D eigenvalue weighted by Gasteiger charge is 2.33. The summed E-state index contributed by atoms with van der Waals surface area (Å²) in [6.45, 7) is 0.812. The Hall–Kier alpha value is -3.84. The Balaban J connectivity index is 1.27. The summed E-state index contributed by atoms with van der Waals surface area (Å²) in [5, 5.41) is 2.84. The summed E-state index contributed by atoms with van der Waals surface area (Å²) in [6, 6.07) is 11.7. The SMILES string of the molecule is O=C(Nc1cccnc1N1CCN(S(=O)(=O)c2ccc(C(F)(F)F)cc2)CC1)c1ccc2c(c1)OCO2. The number of nitrogens with zero attached hydrogens (tertiary/aromatic N) is 3. The van der Waals surface area contributed by atoms with E-state index in [1.807, 2.05) is 4.90 Å². The zero-order valence-corrected chi connectivity index (χ0v) is 20.1. The van der Waals surface area contributed by atoms with E-state index in [2.05, 4.69) is 10.3 Å². The average molecular weight is 535 g/mol.